The van der Waals surface area contributed by atoms with E-state index in [-0.39, 0.29) is 18.7 Å². The van der Waals surface area contributed by atoms with E-state index in [0.717, 1.165) is 0 Å². The lowest BCUT2D eigenvalue weighted by Crippen LogP contribution is -2.21. The van der Waals surface area contributed by atoms with Gasteiger partial charge in [-0.05, 0) is 13.0 Å². The molecule has 22 heavy (non-hydrogen) atoms. The molecule has 0 fully saturated rings. The van der Waals surface area contributed by atoms with E-state index >= 15 is 0 Å². The van der Waals surface area contributed by atoms with Crippen molar-refractivity contribution >= 4 is 17.5 Å². The first-order chi connectivity index (χ1) is 10.1. The molecule has 1 N–H and O–H groups in total. The Morgan fingerprint density at radius 3 is 2.32 bits per heavy atom. The van der Waals surface area contributed by atoms with Crippen molar-refractivity contribution in [1.29, 1.82) is 0 Å². The highest BCUT2D eigenvalue weighted by atomic mass is 19.4. The summed E-state index contributed by atoms with van der Waals surface area (Å²) >= 11 is 0. The molecule has 0 spiro atoms. The summed E-state index contributed by atoms with van der Waals surface area (Å²) in [4.78, 5) is 34.0. The topological polar surface area (TPSA) is 80.7 Å². The van der Waals surface area contributed by atoms with Gasteiger partial charge in [0.15, 0.2) is 5.78 Å². The third-order valence-electron chi connectivity index (χ3n) is 2.52. The largest absolute Gasteiger partial charge is 0.507 e. The van der Waals surface area contributed by atoms with Crippen LogP contribution in [-0.2, 0) is 20.5 Å². The van der Waals surface area contributed by atoms with E-state index in [0.29, 0.717) is 0 Å². The van der Waals surface area contributed by atoms with Gasteiger partial charge in [-0.15, -0.1) is 0 Å². The lowest BCUT2D eigenvalue weighted by atomic mass is 10.0. The molecule has 0 aliphatic carbocycles. The van der Waals surface area contributed by atoms with Crippen molar-refractivity contribution in [1.82, 2.24) is 0 Å². The number of alkyl halides is 3. The van der Waals surface area contributed by atoms with Gasteiger partial charge in [0.25, 0.3) is 0 Å². The predicted molar refractivity (Wildman–Crippen MR) is 63.7 cm³/mol. The van der Waals surface area contributed by atoms with E-state index in [1.54, 1.807) is 0 Å². The first-order valence-corrected chi connectivity index (χ1v) is 5.90. The zero-order valence-corrected chi connectivity index (χ0v) is 11.2. The molecule has 0 saturated carbocycles. The molecule has 0 aromatic heterocycles. The summed E-state index contributed by atoms with van der Waals surface area (Å²) in [6.07, 6.45) is -6.19. The van der Waals surface area contributed by atoms with E-state index in [2.05, 4.69) is 4.74 Å². The molecule has 1 rings (SSSR count). The molecule has 0 heterocycles. The van der Waals surface area contributed by atoms with Crippen LogP contribution >= 0.6 is 0 Å². The maximum absolute atomic E-state index is 13.1. The molecule has 0 aliphatic heterocycles. The highest BCUT2D eigenvalue weighted by Crippen LogP contribution is 2.35. The Labute approximate surface area is 121 Å². The lowest BCUT2D eigenvalue weighted by Gasteiger charge is -2.11. The Hall–Kier alpha value is -2.45. The molecule has 120 valence electrons. The zero-order chi connectivity index (χ0) is 17.1. The molecule has 0 amide bonds. The molecule has 0 radical (unpaired) electrons. The third-order valence-corrected chi connectivity index (χ3v) is 2.52. The summed E-state index contributed by atoms with van der Waals surface area (Å²) in [6, 6.07) is 0.205. The van der Waals surface area contributed by atoms with Crippen molar-refractivity contribution in [2.75, 3.05) is 6.61 Å². The minimum absolute atomic E-state index is 0.0887. The Morgan fingerprint density at radius 2 is 1.82 bits per heavy atom. The molecule has 1 aromatic carbocycles. The normalized spacial score (nSPS) is 11.1. The number of rotatable bonds is 5. The molecule has 0 saturated heterocycles. The molecule has 5 nitrogen and oxygen atoms in total. The quantitative estimate of drug-likeness (QED) is 0.296. The third kappa shape index (κ3) is 4.03. The first-order valence-electron chi connectivity index (χ1n) is 5.90. The van der Waals surface area contributed by atoms with Gasteiger partial charge in [0.2, 0.25) is 5.78 Å². The Bertz CT molecular complexity index is 622. The number of phenolic OH excluding ortho intramolecular Hbond substituents is 1. The molecular formula is C13H10F4O5. The molecule has 0 atom stereocenters. The molecular weight excluding hydrogens is 312 g/mol. The number of phenols is 1. The monoisotopic (exact) mass is 322 g/mol. The highest BCUT2D eigenvalue weighted by molar-refractivity contribution is 6.38. The zero-order valence-electron chi connectivity index (χ0n) is 11.2. The van der Waals surface area contributed by atoms with E-state index in [9.17, 15) is 37.1 Å². The Kier molecular flexibility index (Phi) is 5.23. The van der Waals surface area contributed by atoms with Gasteiger partial charge >= 0.3 is 12.1 Å². The summed E-state index contributed by atoms with van der Waals surface area (Å²) in [6.45, 7) is 1.28. The summed E-state index contributed by atoms with van der Waals surface area (Å²) in [5.74, 6) is -6.70. The fourth-order valence-corrected chi connectivity index (χ4v) is 1.53. The van der Waals surface area contributed by atoms with Gasteiger partial charge in [0.05, 0.1) is 24.2 Å². The summed E-state index contributed by atoms with van der Waals surface area (Å²) < 4.78 is 55.1. The van der Waals surface area contributed by atoms with Gasteiger partial charge in [-0.2, -0.15) is 13.2 Å². The molecule has 1 aromatic rings. The van der Waals surface area contributed by atoms with Crippen molar-refractivity contribution in [3.05, 3.63) is 29.1 Å². The lowest BCUT2D eigenvalue weighted by molar-refractivity contribution is -0.153. The minimum Gasteiger partial charge on any atom is -0.507 e. The first kappa shape index (κ1) is 17.6. The number of hydrogen-bond acceptors (Lipinski definition) is 5. The summed E-state index contributed by atoms with van der Waals surface area (Å²) in [7, 11) is 0. The number of esters is 1. The number of hydrogen-bond donors (Lipinski definition) is 1. The number of carbonyl (C=O) groups excluding carboxylic acids is 3. The number of carbonyl (C=O) groups is 3. The smallest absolute Gasteiger partial charge is 0.419 e. The molecule has 0 aliphatic rings. The van der Waals surface area contributed by atoms with Crippen LogP contribution in [0.1, 0.15) is 29.3 Å². The fraction of sp³-hybridized carbons (Fsp3) is 0.308. The maximum Gasteiger partial charge on any atom is 0.419 e. The molecule has 0 unspecified atom stereocenters. The second-order valence-corrected chi connectivity index (χ2v) is 4.09. The SMILES string of the molecule is CCOC(=O)C(=O)CC(=O)c1cc(C(F)(F)F)c(F)cc1O. The van der Waals surface area contributed by atoms with E-state index in [4.69, 9.17) is 0 Å². The second kappa shape index (κ2) is 6.54. The fourth-order valence-electron chi connectivity index (χ4n) is 1.53. The van der Waals surface area contributed by atoms with Crippen LogP contribution in [0, 0.1) is 5.82 Å². The van der Waals surface area contributed by atoms with Crippen LogP contribution in [0.5, 0.6) is 5.75 Å². The standard InChI is InChI=1S/C13H10F4O5/c1-2-22-12(21)11(20)5-10(19)6-3-7(13(15,16)17)8(14)4-9(6)18/h3-4,18H,2,5H2,1H3. The van der Waals surface area contributed by atoms with Gasteiger partial charge in [-0.1, -0.05) is 0 Å². The highest BCUT2D eigenvalue weighted by Gasteiger charge is 2.36. The van der Waals surface area contributed by atoms with Gasteiger partial charge in [-0.3, -0.25) is 9.59 Å². The predicted octanol–water partition coefficient (Wildman–Crippen LogP) is 2.26. The van der Waals surface area contributed by atoms with Crippen molar-refractivity contribution < 1.29 is 41.8 Å². The average Bonchev–Trinajstić information content (AvgIpc) is 2.36. The van der Waals surface area contributed by atoms with Crippen LogP contribution in [0.2, 0.25) is 0 Å². The van der Waals surface area contributed by atoms with Gasteiger partial charge < -0.3 is 9.84 Å². The second-order valence-electron chi connectivity index (χ2n) is 4.09. The van der Waals surface area contributed by atoms with Gasteiger partial charge in [0, 0.05) is 6.07 Å². The van der Waals surface area contributed by atoms with Crippen molar-refractivity contribution in [2.45, 2.75) is 19.5 Å². The summed E-state index contributed by atoms with van der Waals surface area (Å²) in [5, 5.41) is 9.35. The van der Waals surface area contributed by atoms with E-state index in [1.807, 2.05) is 0 Å². The Balaban J connectivity index is 3.09. The molecule has 0 bridgehead atoms. The summed E-state index contributed by atoms with van der Waals surface area (Å²) in [5.41, 5.74) is -2.68. The van der Waals surface area contributed by atoms with Crippen LogP contribution < -0.4 is 0 Å². The average molecular weight is 322 g/mol. The van der Waals surface area contributed by atoms with E-state index < -0.39 is 52.8 Å². The van der Waals surface area contributed by atoms with Crippen molar-refractivity contribution in [3.8, 4) is 5.75 Å². The number of Topliss-reactive ketones (excluding diaryl/α,β-unsaturated/α-hetero) is 2. The number of benzene rings is 1. The number of ketones is 2. The number of aromatic hydroxyl groups is 1. The Morgan fingerprint density at radius 1 is 1.23 bits per heavy atom. The van der Waals surface area contributed by atoms with Crippen molar-refractivity contribution in [3.63, 3.8) is 0 Å². The van der Waals surface area contributed by atoms with Crippen LogP contribution in [-0.4, -0.2) is 29.2 Å². The van der Waals surface area contributed by atoms with Crippen LogP contribution in [0.25, 0.3) is 0 Å². The van der Waals surface area contributed by atoms with Gasteiger partial charge in [0.1, 0.15) is 11.6 Å². The maximum atomic E-state index is 13.1. The van der Waals surface area contributed by atoms with Crippen LogP contribution in [0.15, 0.2) is 12.1 Å². The van der Waals surface area contributed by atoms with Crippen LogP contribution in [0.4, 0.5) is 17.6 Å². The van der Waals surface area contributed by atoms with Crippen molar-refractivity contribution in [2.24, 2.45) is 0 Å². The number of halogens is 4. The molecule has 9 heteroatoms. The van der Waals surface area contributed by atoms with Gasteiger partial charge in [-0.25, -0.2) is 9.18 Å². The van der Waals surface area contributed by atoms with E-state index in [1.165, 1.54) is 6.92 Å². The minimum atomic E-state index is -5.09. The van der Waals surface area contributed by atoms with Crippen LogP contribution in [0.3, 0.4) is 0 Å². The number of ether oxygens (including phenoxy) is 1.